The number of rotatable bonds is 3. The minimum absolute atomic E-state index is 0.307. The Labute approximate surface area is 103 Å². The van der Waals surface area contributed by atoms with Crippen LogP contribution < -0.4 is 5.73 Å². The molecular weight excluding hydrogens is 266 g/mol. The molecule has 0 spiro atoms. The molecule has 0 aromatic heterocycles. The second-order valence-electron chi connectivity index (χ2n) is 3.71. The number of fused-ring (bicyclic) bond motifs is 1. The maximum absolute atomic E-state index is 11.0. The fourth-order valence-corrected chi connectivity index (χ4v) is 2.11. The zero-order chi connectivity index (χ0) is 11.5. The van der Waals surface area contributed by atoms with Gasteiger partial charge in [0.25, 0.3) is 0 Å². The van der Waals surface area contributed by atoms with Crippen LogP contribution in [0.25, 0.3) is 10.8 Å². The summed E-state index contributed by atoms with van der Waals surface area (Å²) in [5, 5.41) is 2.36. The average Bonchev–Trinajstić information content (AvgIpc) is 2.29. The fourth-order valence-electron chi connectivity index (χ4n) is 1.76. The van der Waals surface area contributed by atoms with Crippen molar-refractivity contribution in [1.82, 2.24) is 0 Å². The molecular formula is C13H12BrNO. The van der Waals surface area contributed by atoms with Gasteiger partial charge in [0.2, 0.25) is 5.91 Å². The lowest BCUT2D eigenvalue weighted by molar-refractivity contribution is -0.117. The van der Waals surface area contributed by atoms with E-state index in [9.17, 15) is 4.79 Å². The third kappa shape index (κ3) is 2.25. The second-order valence-corrected chi connectivity index (χ2v) is 4.82. The Kier molecular flexibility index (Phi) is 3.25. The van der Waals surface area contributed by atoms with Gasteiger partial charge in [0.05, 0.1) is 4.83 Å². The molecule has 2 aromatic rings. The lowest BCUT2D eigenvalue weighted by atomic mass is 10.0. The molecule has 1 amide bonds. The molecule has 0 saturated carbocycles. The standard InChI is InChI=1S/C13H12BrNO/c14-12(13(15)16)8-10-6-3-5-9-4-1-2-7-11(9)10/h1-7,12H,8H2,(H2,15,16). The van der Waals surface area contributed by atoms with Crippen LogP contribution >= 0.6 is 15.9 Å². The Balaban J connectivity index is 2.41. The Bertz CT molecular complexity index is 519. The minimum Gasteiger partial charge on any atom is -0.369 e. The molecule has 16 heavy (non-hydrogen) atoms. The van der Waals surface area contributed by atoms with Gasteiger partial charge in [-0.25, -0.2) is 0 Å². The molecule has 2 rings (SSSR count). The molecule has 2 aromatic carbocycles. The van der Waals surface area contributed by atoms with Gasteiger partial charge in [0.1, 0.15) is 0 Å². The van der Waals surface area contributed by atoms with Gasteiger partial charge in [-0.3, -0.25) is 4.79 Å². The highest BCUT2D eigenvalue weighted by molar-refractivity contribution is 9.10. The number of carbonyl (C=O) groups excluding carboxylic acids is 1. The number of hydrogen-bond acceptors (Lipinski definition) is 1. The van der Waals surface area contributed by atoms with E-state index in [4.69, 9.17) is 5.73 Å². The molecule has 0 heterocycles. The molecule has 1 atom stereocenters. The summed E-state index contributed by atoms with van der Waals surface area (Å²) in [4.78, 5) is 10.7. The van der Waals surface area contributed by atoms with Crippen molar-refractivity contribution in [1.29, 1.82) is 0 Å². The predicted molar refractivity (Wildman–Crippen MR) is 69.6 cm³/mol. The van der Waals surface area contributed by atoms with Crippen LogP contribution in [-0.4, -0.2) is 10.7 Å². The van der Waals surface area contributed by atoms with Gasteiger partial charge in [-0.2, -0.15) is 0 Å². The molecule has 0 saturated heterocycles. The van der Waals surface area contributed by atoms with Crippen molar-refractivity contribution in [3.8, 4) is 0 Å². The van der Waals surface area contributed by atoms with Crippen LogP contribution in [0.5, 0.6) is 0 Å². The first kappa shape index (κ1) is 11.1. The smallest absolute Gasteiger partial charge is 0.231 e. The lowest BCUT2D eigenvalue weighted by Gasteiger charge is -2.08. The summed E-state index contributed by atoms with van der Waals surface area (Å²) < 4.78 is 0. The predicted octanol–water partition coefficient (Wildman–Crippen LogP) is 2.63. The van der Waals surface area contributed by atoms with Gasteiger partial charge in [0.15, 0.2) is 0 Å². The SMILES string of the molecule is NC(=O)C(Br)Cc1cccc2ccccc12. The summed E-state index contributed by atoms with van der Waals surface area (Å²) >= 11 is 3.29. The number of alkyl halides is 1. The second kappa shape index (κ2) is 4.66. The van der Waals surface area contributed by atoms with Gasteiger partial charge >= 0.3 is 0 Å². The average molecular weight is 278 g/mol. The normalized spacial score (nSPS) is 12.6. The molecule has 0 radical (unpaired) electrons. The maximum Gasteiger partial charge on any atom is 0.231 e. The molecule has 82 valence electrons. The molecule has 0 aliphatic carbocycles. The highest BCUT2D eigenvalue weighted by atomic mass is 79.9. The number of nitrogens with two attached hydrogens (primary N) is 1. The van der Waals surface area contributed by atoms with Crippen LogP contribution in [0.2, 0.25) is 0 Å². The number of carbonyl (C=O) groups is 1. The molecule has 3 heteroatoms. The topological polar surface area (TPSA) is 43.1 Å². The molecule has 2 N–H and O–H groups in total. The molecule has 0 aliphatic heterocycles. The quantitative estimate of drug-likeness (QED) is 0.862. The molecule has 0 aliphatic rings. The van der Waals surface area contributed by atoms with Crippen LogP contribution in [0, 0.1) is 0 Å². The summed E-state index contributed by atoms with van der Waals surface area (Å²) in [5.41, 5.74) is 6.38. The van der Waals surface area contributed by atoms with Gasteiger partial charge in [-0.15, -0.1) is 0 Å². The van der Waals surface area contributed by atoms with Crippen molar-refractivity contribution in [3.05, 3.63) is 48.0 Å². The number of benzene rings is 2. The van der Waals surface area contributed by atoms with Crippen molar-refractivity contribution in [3.63, 3.8) is 0 Å². The monoisotopic (exact) mass is 277 g/mol. The lowest BCUT2D eigenvalue weighted by Crippen LogP contribution is -2.25. The van der Waals surface area contributed by atoms with Crippen LogP contribution in [0.15, 0.2) is 42.5 Å². The molecule has 0 fully saturated rings. The minimum atomic E-state index is -0.326. The van der Waals surface area contributed by atoms with E-state index >= 15 is 0 Å². The Hall–Kier alpha value is -1.35. The van der Waals surface area contributed by atoms with Gasteiger partial charge in [-0.05, 0) is 22.8 Å². The summed E-state index contributed by atoms with van der Waals surface area (Å²) in [5.74, 6) is -0.326. The summed E-state index contributed by atoms with van der Waals surface area (Å²) in [6.45, 7) is 0. The van der Waals surface area contributed by atoms with Crippen molar-refractivity contribution in [2.75, 3.05) is 0 Å². The van der Waals surface area contributed by atoms with Crippen LogP contribution in [0.4, 0.5) is 0 Å². The van der Waals surface area contributed by atoms with E-state index in [0.29, 0.717) is 6.42 Å². The van der Waals surface area contributed by atoms with Gasteiger partial charge in [0, 0.05) is 0 Å². The van der Waals surface area contributed by atoms with Crippen LogP contribution in [0.1, 0.15) is 5.56 Å². The van der Waals surface area contributed by atoms with E-state index in [1.165, 1.54) is 10.8 Å². The summed E-state index contributed by atoms with van der Waals surface area (Å²) in [7, 11) is 0. The van der Waals surface area contributed by atoms with Crippen molar-refractivity contribution >= 4 is 32.6 Å². The molecule has 2 nitrogen and oxygen atoms in total. The first-order chi connectivity index (χ1) is 7.68. The number of primary amides is 1. The van der Waals surface area contributed by atoms with Crippen LogP contribution in [-0.2, 0) is 11.2 Å². The molecule has 0 bridgehead atoms. The zero-order valence-corrected chi connectivity index (χ0v) is 10.3. The third-order valence-electron chi connectivity index (χ3n) is 2.59. The number of halogens is 1. The zero-order valence-electron chi connectivity index (χ0n) is 8.69. The van der Waals surface area contributed by atoms with Gasteiger partial charge < -0.3 is 5.73 Å². The highest BCUT2D eigenvalue weighted by Crippen LogP contribution is 2.21. The Morgan fingerprint density at radius 1 is 1.19 bits per heavy atom. The first-order valence-electron chi connectivity index (χ1n) is 5.08. The van der Waals surface area contributed by atoms with E-state index in [-0.39, 0.29) is 10.7 Å². The first-order valence-corrected chi connectivity index (χ1v) is 6.00. The largest absolute Gasteiger partial charge is 0.369 e. The van der Waals surface area contributed by atoms with E-state index in [1.54, 1.807) is 0 Å². The summed E-state index contributed by atoms with van der Waals surface area (Å²) in [6, 6.07) is 14.2. The van der Waals surface area contributed by atoms with E-state index in [0.717, 1.165) is 5.56 Å². The number of hydrogen-bond donors (Lipinski definition) is 1. The van der Waals surface area contributed by atoms with E-state index < -0.39 is 0 Å². The van der Waals surface area contributed by atoms with Crippen molar-refractivity contribution in [2.24, 2.45) is 5.73 Å². The Morgan fingerprint density at radius 3 is 2.62 bits per heavy atom. The number of amides is 1. The molecule has 1 unspecified atom stereocenters. The fraction of sp³-hybridized carbons (Fsp3) is 0.154. The Morgan fingerprint density at radius 2 is 1.88 bits per heavy atom. The summed E-state index contributed by atoms with van der Waals surface area (Å²) in [6.07, 6.45) is 0.622. The van der Waals surface area contributed by atoms with Crippen molar-refractivity contribution in [2.45, 2.75) is 11.2 Å². The van der Waals surface area contributed by atoms with E-state index in [1.807, 2.05) is 24.3 Å². The van der Waals surface area contributed by atoms with Crippen molar-refractivity contribution < 1.29 is 4.79 Å². The van der Waals surface area contributed by atoms with Gasteiger partial charge in [-0.1, -0.05) is 58.4 Å². The maximum atomic E-state index is 11.0. The highest BCUT2D eigenvalue weighted by Gasteiger charge is 2.12. The third-order valence-corrected chi connectivity index (χ3v) is 3.36. The van der Waals surface area contributed by atoms with E-state index in [2.05, 4.69) is 34.1 Å². The van der Waals surface area contributed by atoms with Crippen LogP contribution in [0.3, 0.4) is 0 Å².